The van der Waals surface area contributed by atoms with Gasteiger partial charge in [-0.15, -0.1) is 0 Å². The van der Waals surface area contributed by atoms with E-state index in [9.17, 15) is 4.39 Å². The molecule has 20 heavy (non-hydrogen) atoms. The summed E-state index contributed by atoms with van der Waals surface area (Å²) in [4.78, 5) is 2.48. The normalized spacial score (nSPS) is 19.8. The minimum Gasteiger partial charge on any atom is -0.314 e. The maximum absolute atomic E-state index is 13.3. The van der Waals surface area contributed by atoms with Crippen LogP contribution in [0.4, 0.5) is 4.39 Å². The molecular formula is C16H24ClFN2. The Kier molecular flexibility index (Phi) is 5.82. The second-order valence-electron chi connectivity index (χ2n) is 5.66. The molecule has 1 N–H and O–H groups in total. The molecule has 2 atom stereocenters. The van der Waals surface area contributed by atoms with Crippen molar-refractivity contribution in [2.24, 2.45) is 5.92 Å². The third kappa shape index (κ3) is 3.72. The summed E-state index contributed by atoms with van der Waals surface area (Å²) in [6, 6.07) is 5.10. The van der Waals surface area contributed by atoms with Crippen molar-refractivity contribution in [3.05, 3.63) is 34.6 Å². The van der Waals surface area contributed by atoms with E-state index in [0.29, 0.717) is 10.9 Å². The molecule has 0 amide bonds. The standard InChI is InChI=1S/C16H24ClFN2/c1-3-4-12(2)16(20-9-7-19-8-10-20)14-6-5-13(18)11-15(14)17/h5-6,11-12,16,19H,3-4,7-10H2,1-2H3/t12?,16-/m1/s1. The van der Waals surface area contributed by atoms with Crippen LogP contribution >= 0.6 is 11.6 Å². The van der Waals surface area contributed by atoms with Gasteiger partial charge in [0.1, 0.15) is 5.82 Å². The predicted octanol–water partition coefficient (Wildman–Crippen LogP) is 3.86. The lowest BCUT2D eigenvalue weighted by molar-refractivity contribution is 0.126. The summed E-state index contributed by atoms with van der Waals surface area (Å²) in [6.45, 7) is 8.54. The van der Waals surface area contributed by atoms with Crippen LogP contribution in [0.3, 0.4) is 0 Å². The summed E-state index contributed by atoms with van der Waals surface area (Å²) in [5, 5.41) is 3.93. The van der Waals surface area contributed by atoms with Gasteiger partial charge in [-0.1, -0.05) is 37.9 Å². The van der Waals surface area contributed by atoms with Crippen LogP contribution in [0.2, 0.25) is 5.02 Å². The molecule has 1 fully saturated rings. The van der Waals surface area contributed by atoms with Crippen LogP contribution in [-0.2, 0) is 0 Å². The van der Waals surface area contributed by atoms with Gasteiger partial charge >= 0.3 is 0 Å². The second kappa shape index (κ2) is 7.39. The van der Waals surface area contributed by atoms with Gasteiger partial charge in [-0.3, -0.25) is 4.90 Å². The number of rotatable bonds is 5. The van der Waals surface area contributed by atoms with Crippen LogP contribution in [0.5, 0.6) is 0 Å². The van der Waals surface area contributed by atoms with Crippen molar-refractivity contribution in [2.75, 3.05) is 26.2 Å². The highest BCUT2D eigenvalue weighted by molar-refractivity contribution is 6.31. The first-order valence-electron chi connectivity index (χ1n) is 7.53. The van der Waals surface area contributed by atoms with E-state index in [2.05, 4.69) is 24.1 Å². The van der Waals surface area contributed by atoms with Gasteiger partial charge in [0.05, 0.1) is 0 Å². The van der Waals surface area contributed by atoms with Gasteiger partial charge in [-0.25, -0.2) is 4.39 Å². The third-order valence-corrected chi connectivity index (χ3v) is 4.44. The Morgan fingerprint density at radius 1 is 1.35 bits per heavy atom. The zero-order chi connectivity index (χ0) is 14.5. The highest BCUT2D eigenvalue weighted by Crippen LogP contribution is 2.36. The van der Waals surface area contributed by atoms with Crippen LogP contribution in [0, 0.1) is 11.7 Å². The molecule has 2 rings (SSSR count). The largest absolute Gasteiger partial charge is 0.314 e. The van der Waals surface area contributed by atoms with Crippen LogP contribution in [0.25, 0.3) is 0 Å². The molecule has 1 aliphatic rings. The average Bonchev–Trinajstić information content (AvgIpc) is 2.43. The SMILES string of the molecule is CCCC(C)[C@H](c1ccc(F)cc1Cl)N1CCNCC1. The summed E-state index contributed by atoms with van der Waals surface area (Å²) in [5.74, 6) is 0.252. The van der Waals surface area contributed by atoms with E-state index in [0.717, 1.165) is 44.6 Å². The fourth-order valence-electron chi connectivity index (χ4n) is 3.18. The fourth-order valence-corrected chi connectivity index (χ4v) is 3.46. The summed E-state index contributed by atoms with van der Waals surface area (Å²) < 4.78 is 13.3. The number of hydrogen-bond donors (Lipinski definition) is 1. The van der Waals surface area contributed by atoms with Crippen LogP contribution in [0.15, 0.2) is 18.2 Å². The van der Waals surface area contributed by atoms with Crippen molar-refractivity contribution in [1.82, 2.24) is 10.2 Å². The van der Waals surface area contributed by atoms with E-state index in [1.165, 1.54) is 12.1 Å². The highest BCUT2D eigenvalue weighted by Gasteiger charge is 2.28. The van der Waals surface area contributed by atoms with Crippen molar-refractivity contribution < 1.29 is 4.39 Å². The van der Waals surface area contributed by atoms with Crippen molar-refractivity contribution in [3.63, 3.8) is 0 Å². The molecule has 0 aliphatic carbocycles. The fraction of sp³-hybridized carbons (Fsp3) is 0.625. The summed E-state index contributed by atoms with van der Waals surface area (Å²) in [7, 11) is 0. The Morgan fingerprint density at radius 2 is 2.05 bits per heavy atom. The Morgan fingerprint density at radius 3 is 2.65 bits per heavy atom. The molecule has 112 valence electrons. The zero-order valence-corrected chi connectivity index (χ0v) is 13.1. The van der Waals surface area contributed by atoms with Crippen LogP contribution in [0.1, 0.15) is 38.3 Å². The third-order valence-electron chi connectivity index (χ3n) is 4.11. The number of piperazine rings is 1. The first-order chi connectivity index (χ1) is 9.63. The first kappa shape index (κ1) is 15.7. The molecule has 0 spiro atoms. The number of benzene rings is 1. The van der Waals surface area contributed by atoms with Gasteiger partial charge in [-0.2, -0.15) is 0 Å². The quantitative estimate of drug-likeness (QED) is 0.888. The minimum absolute atomic E-state index is 0.263. The molecule has 1 aromatic rings. The van der Waals surface area contributed by atoms with E-state index in [1.54, 1.807) is 0 Å². The first-order valence-corrected chi connectivity index (χ1v) is 7.91. The molecule has 0 radical (unpaired) electrons. The molecule has 0 saturated carbocycles. The molecule has 1 heterocycles. The maximum Gasteiger partial charge on any atom is 0.124 e. The Bertz CT molecular complexity index is 432. The van der Waals surface area contributed by atoms with E-state index in [-0.39, 0.29) is 11.9 Å². The van der Waals surface area contributed by atoms with Gasteiger partial charge < -0.3 is 5.32 Å². The molecule has 1 saturated heterocycles. The molecule has 1 unspecified atom stereocenters. The highest BCUT2D eigenvalue weighted by atomic mass is 35.5. The zero-order valence-electron chi connectivity index (χ0n) is 12.3. The smallest absolute Gasteiger partial charge is 0.124 e. The number of nitrogens with zero attached hydrogens (tertiary/aromatic N) is 1. The van der Waals surface area contributed by atoms with Gasteiger partial charge in [0.25, 0.3) is 0 Å². The predicted molar refractivity (Wildman–Crippen MR) is 82.7 cm³/mol. The average molecular weight is 299 g/mol. The van der Waals surface area contributed by atoms with Crippen LogP contribution < -0.4 is 5.32 Å². The summed E-state index contributed by atoms with van der Waals surface area (Å²) >= 11 is 6.31. The van der Waals surface area contributed by atoms with Crippen LogP contribution in [-0.4, -0.2) is 31.1 Å². The van der Waals surface area contributed by atoms with E-state index in [1.807, 2.05) is 6.07 Å². The van der Waals surface area contributed by atoms with Crippen molar-refractivity contribution >= 4 is 11.6 Å². The van der Waals surface area contributed by atoms with Gasteiger partial charge in [0, 0.05) is 37.2 Å². The lowest BCUT2D eigenvalue weighted by Gasteiger charge is -2.39. The van der Waals surface area contributed by atoms with Gasteiger partial charge in [-0.05, 0) is 30.0 Å². The van der Waals surface area contributed by atoms with Gasteiger partial charge in [0.2, 0.25) is 0 Å². The minimum atomic E-state index is -0.263. The number of hydrogen-bond acceptors (Lipinski definition) is 2. The molecule has 1 aliphatic heterocycles. The Labute approximate surface area is 126 Å². The lowest BCUT2D eigenvalue weighted by atomic mass is 9.89. The second-order valence-corrected chi connectivity index (χ2v) is 6.07. The molecular weight excluding hydrogens is 275 g/mol. The number of halogens is 2. The Balaban J connectivity index is 2.28. The molecule has 4 heteroatoms. The van der Waals surface area contributed by atoms with E-state index >= 15 is 0 Å². The molecule has 1 aromatic carbocycles. The molecule has 0 aromatic heterocycles. The molecule has 2 nitrogen and oxygen atoms in total. The summed E-state index contributed by atoms with van der Waals surface area (Å²) in [5.41, 5.74) is 1.07. The van der Waals surface area contributed by atoms with Gasteiger partial charge in [0.15, 0.2) is 0 Å². The van der Waals surface area contributed by atoms with E-state index in [4.69, 9.17) is 11.6 Å². The van der Waals surface area contributed by atoms with Crippen molar-refractivity contribution in [2.45, 2.75) is 32.7 Å². The summed E-state index contributed by atoms with van der Waals surface area (Å²) in [6.07, 6.45) is 2.31. The lowest BCUT2D eigenvalue weighted by Crippen LogP contribution is -2.46. The molecule has 0 bridgehead atoms. The van der Waals surface area contributed by atoms with E-state index < -0.39 is 0 Å². The monoisotopic (exact) mass is 298 g/mol. The van der Waals surface area contributed by atoms with Crippen molar-refractivity contribution in [1.29, 1.82) is 0 Å². The number of nitrogens with one attached hydrogen (secondary N) is 1. The topological polar surface area (TPSA) is 15.3 Å². The maximum atomic E-state index is 13.3. The van der Waals surface area contributed by atoms with Crippen molar-refractivity contribution in [3.8, 4) is 0 Å². The Hall–Kier alpha value is -0.640.